The number of aryl methyl sites for hydroxylation is 1. The molecule has 0 fully saturated rings. The molecule has 1 aromatic carbocycles. The summed E-state index contributed by atoms with van der Waals surface area (Å²) in [6, 6.07) is 9.90. The Morgan fingerprint density at radius 1 is 1.32 bits per heavy atom. The Kier molecular flexibility index (Phi) is 4.10. The smallest absolute Gasteiger partial charge is 0.253 e. The van der Waals surface area contributed by atoms with Gasteiger partial charge in [-0.25, -0.2) is 9.69 Å². The van der Waals surface area contributed by atoms with E-state index in [0.29, 0.717) is 17.5 Å². The molecule has 0 aliphatic carbocycles. The number of rotatable bonds is 4. The van der Waals surface area contributed by atoms with Crippen molar-refractivity contribution in [3.63, 3.8) is 0 Å². The number of benzene rings is 1. The molecule has 0 atom stereocenters. The van der Waals surface area contributed by atoms with Gasteiger partial charge in [0.15, 0.2) is 0 Å². The number of thioether (sulfide) groups is 1. The zero-order valence-corrected chi connectivity index (χ0v) is 13.0. The minimum absolute atomic E-state index is 0.0587. The molecular formula is C14H16N6OS. The number of hydrazone groups is 1. The van der Waals surface area contributed by atoms with E-state index in [4.69, 9.17) is 5.84 Å². The minimum atomic E-state index is -0.0587. The maximum absolute atomic E-state index is 12.2. The van der Waals surface area contributed by atoms with E-state index in [1.54, 1.807) is 6.92 Å². The number of nitrogen functional groups attached to an aromatic ring is 1. The maximum atomic E-state index is 12.2. The highest BCUT2D eigenvalue weighted by Gasteiger charge is 2.22. The van der Waals surface area contributed by atoms with E-state index in [9.17, 15) is 4.79 Å². The fourth-order valence-corrected chi connectivity index (χ4v) is 2.89. The Morgan fingerprint density at radius 3 is 2.77 bits per heavy atom. The number of hydrogen-bond donors (Lipinski definition) is 1. The first-order valence-corrected chi connectivity index (χ1v) is 7.87. The van der Waals surface area contributed by atoms with E-state index in [2.05, 4.69) is 15.3 Å². The molecule has 2 N–H and O–H groups in total. The van der Waals surface area contributed by atoms with E-state index in [0.717, 1.165) is 17.7 Å². The third kappa shape index (κ3) is 2.96. The summed E-state index contributed by atoms with van der Waals surface area (Å²) >= 11 is 1.26. The van der Waals surface area contributed by atoms with Crippen molar-refractivity contribution in [3.8, 4) is 0 Å². The summed E-state index contributed by atoms with van der Waals surface area (Å²) in [5.41, 5.74) is 2.00. The van der Waals surface area contributed by atoms with Crippen LogP contribution in [0.1, 0.15) is 17.8 Å². The first-order valence-electron chi connectivity index (χ1n) is 6.88. The minimum Gasteiger partial charge on any atom is -0.336 e. The number of nitrogens with two attached hydrogens (primary N) is 1. The summed E-state index contributed by atoms with van der Waals surface area (Å²) in [6.07, 6.45) is 0.770. The summed E-state index contributed by atoms with van der Waals surface area (Å²) in [5, 5.41) is 14.2. The fraction of sp³-hybridized carbons (Fsp3) is 0.286. The number of nitrogens with zero attached hydrogens (tertiary/aromatic N) is 5. The molecule has 2 heterocycles. The van der Waals surface area contributed by atoms with Crippen molar-refractivity contribution in [1.29, 1.82) is 0 Å². The van der Waals surface area contributed by atoms with Crippen LogP contribution in [0.25, 0.3) is 0 Å². The van der Waals surface area contributed by atoms with Gasteiger partial charge in [0.25, 0.3) is 5.91 Å². The lowest BCUT2D eigenvalue weighted by atomic mass is 10.1. The Bertz CT molecular complexity index is 711. The van der Waals surface area contributed by atoms with Gasteiger partial charge in [0.2, 0.25) is 5.16 Å². The van der Waals surface area contributed by atoms with Crippen LogP contribution in [-0.2, 0) is 4.79 Å². The quantitative estimate of drug-likeness (QED) is 0.672. The Labute approximate surface area is 132 Å². The fourth-order valence-electron chi connectivity index (χ4n) is 2.12. The van der Waals surface area contributed by atoms with E-state index in [-0.39, 0.29) is 11.7 Å². The van der Waals surface area contributed by atoms with Gasteiger partial charge in [-0.1, -0.05) is 42.1 Å². The molecule has 0 saturated heterocycles. The lowest BCUT2D eigenvalue weighted by Crippen LogP contribution is -2.25. The van der Waals surface area contributed by atoms with Gasteiger partial charge in [-0.3, -0.25) is 4.79 Å². The number of aromatic nitrogens is 3. The van der Waals surface area contributed by atoms with Crippen molar-refractivity contribution in [2.45, 2.75) is 18.5 Å². The van der Waals surface area contributed by atoms with Gasteiger partial charge in [0.1, 0.15) is 5.82 Å². The van der Waals surface area contributed by atoms with Crippen LogP contribution >= 0.6 is 11.8 Å². The third-order valence-electron chi connectivity index (χ3n) is 3.36. The van der Waals surface area contributed by atoms with Crippen LogP contribution < -0.4 is 5.84 Å². The second kappa shape index (κ2) is 6.18. The molecule has 0 radical (unpaired) electrons. The molecule has 0 saturated carbocycles. The summed E-state index contributed by atoms with van der Waals surface area (Å²) in [7, 11) is 0. The molecule has 0 spiro atoms. The molecule has 0 unspecified atom stereocenters. The number of amides is 1. The molecule has 1 aliphatic rings. The highest BCUT2D eigenvalue weighted by atomic mass is 32.2. The Hall–Kier alpha value is -2.35. The molecule has 1 amide bonds. The highest BCUT2D eigenvalue weighted by Crippen LogP contribution is 2.18. The zero-order chi connectivity index (χ0) is 15.5. The third-order valence-corrected chi connectivity index (χ3v) is 4.28. The van der Waals surface area contributed by atoms with Gasteiger partial charge < -0.3 is 5.84 Å². The highest BCUT2D eigenvalue weighted by molar-refractivity contribution is 7.99. The predicted octanol–water partition coefficient (Wildman–Crippen LogP) is 1.03. The van der Waals surface area contributed by atoms with Crippen LogP contribution in [0.15, 0.2) is 40.6 Å². The van der Waals surface area contributed by atoms with E-state index in [1.807, 2.05) is 30.3 Å². The first-order chi connectivity index (χ1) is 10.6. The van der Waals surface area contributed by atoms with Crippen molar-refractivity contribution >= 4 is 23.4 Å². The van der Waals surface area contributed by atoms with Crippen molar-refractivity contribution in [2.24, 2.45) is 5.10 Å². The van der Waals surface area contributed by atoms with Gasteiger partial charge in [-0.2, -0.15) is 5.10 Å². The van der Waals surface area contributed by atoms with Crippen LogP contribution in [0.2, 0.25) is 0 Å². The predicted molar refractivity (Wildman–Crippen MR) is 84.9 cm³/mol. The molecule has 1 aliphatic heterocycles. The van der Waals surface area contributed by atoms with E-state index < -0.39 is 0 Å². The van der Waals surface area contributed by atoms with Crippen LogP contribution in [-0.4, -0.2) is 43.8 Å². The molecule has 7 nitrogen and oxygen atoms in total. The van der Waals surface area contributed by atoms with Crippen LogP contribution in [0.4, 0.5) is 0 Å². The molecule has 114 valence electrons. The standard InChI is InChI=1S/C14H16N6OS/c1-10-16-17-14(20(10)15)22-9-13(21)19-8-7-12(18-19)11-5-3-2-4-6-11/h2-6H,7-9,15H2,1H3. The second-order valence-electron chi connectivity index (χ2n) is 4.87. The van der Waals surface area contributed by atoms with Crippen LogP contribution in [0.5, 0.6) is 0 Å². The molecular weight excluding hydrogens is 300 g/mol. The van der Waals surface area contributed by atoms with Crippen LogP contribution in [0, 0.1) is 6.92 Å². The molecule has 1 aromatic heterocycles. The lowest BCUT2D eigenvalue weighted by molar-refractivity contribution is -0.127. The summed E-state index contributed by atoms with van der Waals surface area (Å²) in [6.45, 7) is 2.37. The Morgan fingerprint density at radius 2 is 2.09 bits per heavy atom. The second-order valence-corrected chi connectivity index (χ2v) is 5.81. The molecule has 0 bridgehead atoms. The van der Waals surface area contributed by atoms with Crippen molar-refractivity contribution < 1.29 is 4.79 Å². The summed E-state index contributed by atoms with van der Waals surface area (Å²) in [5.74, 6) is 6.55. The topological polar surface area (TPSA) is 89.4 Å². The zero-order valence-electron chi connectivity index (χ0n) is 12.1. The van der Waals surface area contributed by atoms with Gasteiger partial charge >= 0.3 is 0 Å². The Balaban J connectivity index is 1.62. The van der Waals surface area contributed by atoms with Gasteiger partial charge in [-0.05, 0) is 12.5 Å². The molecule has 3 rings (SSSR count). The van der Waals surface area contributed by atoms with Crippen LogP contribution in [0.3, 0.4) is 0 Å². The van der Waals surface area contributed by atoms with Gasteiger partial charge in [0, 0.05) is 6.42 Å². The van der Waals surface area contributed by atoms with Crippen molar-refractivity contribution in [3.05, 3.63) is 41.7 Å². The average Bonchev–Trinajstić information content (AvgIpc) is 3.15. The molecule has 2 aromatic rings. The van der Waals surface area contributed by atoms with Gasteiger partial charge in [-0.15, -0.1) is 10.2 Å². The monoisotopic (exact) mass is 316 g/mol. The maximum Gasteiger partial charge on any atom is 0.253 e. The number of carbonyl (C=O) groups is 1. The average molecular weight is 316 g/mol. The normalized spacial score (nSPS) is 14.2. The molecule has 22 heavy (non-hydrogen) atoms. The van der Waals surface area contributed by atoms with E-state index in [1.165, 1.54) is 21.4 Å². The number of carbonyl (C=O) groups excluding carboxylic acids is 1. The first kappa shape index (κ1) is 14.6. The molecule has 8 heteroatoms. The number of hydrogen-bond acceptors (Lipinski definition) is 6. The van der Waals surface area contributed by atoms with Crippen molar-refractivity contribution in [1.82, 2.24) is 19.9 Å². The SMILES string of the molecule is Cc1nnc(SCC(=O)N2CCC(c3ccccc3)=N2)n1N. The summed E-state index contributed by atoms with van der Waals surface area (Å²) < 4.78 is 1.38. The lowest BCUT2D eigenvalue weighted by Gasteiger charge is -2.10. The van der Waals surface area contributed by atoms with E-state index >= 15 is 0 Å². The van der Waals surface area contributed by atoms with Gasteiger partial charge in [0.05, 0.1) is 18.0 Å². The largest absolute Gasteiger partial charge is 0.336 e. The summed E-state index contributed by atoms with van der Waals surface area (Å²) in [4.78, 5) is 12.2. The van der Waals surface area contributed by atoms with Crippen molar-refractivity contribution in [2.75, 3.05) is 18.1 Å².